The molecule has 2 N–H and O–H groups in total. The van der Waals surface area contributed by atoms with E-state index < -0.39 is 5.97 Å². The zero-order valence-corrected chi connectivity index (χ0v) is 12.5. The van der Waals surface area contributed by atoms with Gasteiger partial charge in [0.05, 0.1) is 6.10 Å². The molecule has 0 radical (unpaired) electrons. The molecule has 1 aromatic rings. The predicted octanol–water partition coefficient (Wildman–Crippen LogP) is 3.23. The van der Waals surface area contributed by atoms with Crippen molar-refractivity contribution in [2.45, 2.75) is 42.7 Å². The van der Waals surface area contributed by atoms with Crippen molar-refractivity contribution in [2.75, 3.05) is 18.2 Å². The number of benzene rings is 1. The molecule has 1 saturated carbocycles. The number of aliphatic carboxylic acids is 1. The van der Waals surface area contributed by atoms with Gasteiger partial charge in [0.25, 0.3) is 0 Å². The number of ether oxygens (including phenoxy) is 1. The second-order valence-corrected chi connectivity index (χ2v) is 5.93. The highest BCUT2D eigenvalue weighted by Gasteiger charge is 2.22. The maximum absolute atomic E-state index is 10.5. The molecule has 0 aromatic heterocycles. The first kappa shape index (κ1) is 15.2. The van der Waals surface area contributed by atoms with Crippen molar-refractivity contribution in [3.63, 3.8) is 0 Å². The summed E-state index contributed by atoms with van der Waals surface area (Å²) in [6.07, 6.45) is 6.06. The lowest BCUT2D eigenvalue weighted by molar-refractivity contribution is -0.145. The summed E-state index contributed by atoms with van der Waals surface area (Å²) in [6.45, 7) is -0.182. The van der Waals surface area contributed by atoms with Crippen LogP contribution in [0.3, 0.4) is 0 Å². The topological polar surface area (TPSA) is 58.6 Å². The molecule has 0 unspecified atom stereocenters. The lowest BCUT2D eigenvalue weighted by Crippen LogP contribution is -2.30. The molecule has 4 nitrogen and oxygen atoms in total. The number of hydrogen-bond donors (Lipinski definition) is 2. The summed E-state index contributed by atoms with van der Waals surface area (Å²) >= 11 is 1.74. The van der Waals surface area contributed by atoms with Gasteiger partial charge in [-0.2, -0.15) is 0 Å². The van der Waals surface area contributed by atoms with E-state index in [4.69, 9.17) is 9.84 Å². The fourth-order valence-electron chi connectivity index (χ4n) is 2.49. The molecule has 5 heteroatoms. The van der Waals surface area contributed by atoms with Gasteiger partial charge in [-0.05, 0) is 56.2 Å². The minimum Gasteiger partial charge on any atom is -0.480 e. The summed E-state index contributed by atoms with van der Waals surface area (Å²) < 4.78 is 5.34. The average molecular weight is 295 g/mol. The molecule has 0 spiro atoms. The molecule has 110 valence electrons. The maximum Gasteiger partial charge on any atom is 0.329 e. The number of carbonyl (C=O) groups is 1. The normalized spacial score (nSPS) is 22.4. The van der Waals surface area contributed by atoms with E-state index >= 15 is 0 Å². The van der Waals surface area contributed by atoms with E-state index in [0.29, 0.717) is 6.04 Å². The third kappa shape index (κ3) is 4.72. The Morgan fingerprint density at radius 3 is 2.50 bits per heavy atom. The van der Waals surface area contributed by atoms with Gasteiger partial charge in [0.2, 0.25) is 0 Å². The lowest BCUT2D eigenvalue weighted by Gasteiger charge is -2.29. The third-order valence-electron chi connectivity index (χ3n) is 3.58. The van der Waals surface area contributed by atoms with Gasteiger partial charge in [-0.15, -0.1) is 11.8 Å². The van der Waals surface area contributed by atoms with Crippen LogP contribution in [0.25, 0.3) is 0 Å². The molecule has 0 saturated heterocycles. The van der Waals surface area contributed by atoms with Crippen molar-refractivity contribution in [3.05, 3.63) is 24.3 Å². The number of anilines is 1. The second kappa shape index (κ2) is 7.55. The van der Waals surface area contributed by atoms with E-state index in [9.17, 15) is 4.79 Å². The van der Waals surface area contributed by atoms with E-state index in [1.165, 1.54) is 4.90 Å². The van der Waals surface area contributed by atoms with Crippen LogP contribution >= 0.6 is 11.8 Å². The first-order chi connectivity index (χ1) is 9.67. The van der Waals surface area contributed by atoms with Crippen LogP contribution in [0.2, 0.25) is 0 Å². The van der Waals surface area contributed by atoms with Crippen LogP contribution in [0, 0.1) is 0 Å². The Morgan fingerprint density at radius 1 is 1.30 bits per heavy atom. The first-order valence-corrected chi connectivity index (χ1v) is 8.14. The van der Waals surface area contributed by atoms with Gasteiger partial charge in [0.1, 0.15) is 6.61 Å². The summed E-state index contributed by atoms with van der Waals surface area (Å²) in [5.41, 5.74) is 1.15. The molecule has 2 rings (SSSR count). The SMILES string of the molecule is CSc1ccc(NC2CCC(OCC(=O)O)CC2)cc1. The Labute approximate surface area is 123 Å². The second-order valence-electron chi connectivity index (χ2n) is 5.05. The predicted molar refractivity (Wildman–Crippen MR) is 81.5 cm³/mol. The van der Waals surface area contributed by atoms with Crippen molar-refractivity contribution in [3.8, 4) is 0 Å². The molecule has 1 aliphatic rings. The lowest BCUT2D eigenvalue weighted by atomic mass is 9.93. The largest absolute Gasteiger partial charge is 0.480 e. The molecule has 20 heavy (non-hydrogen) atoms. The number of nitrogens with one attached hydrogen (secondary N) is 1. The van der Waals surface area contributed by atoms with Crippen molar-refractivity contribution in [1.82, 2.24) is 0 Å². The third-order valence-corrected chi connectivity index (χ3v) is 4.32. The summed E-state index contributed by atoms with van der Waals surface area (Å²) in [7, 11) is 0. The minimum atomic E-state index is -0.890. The number of carboxylic acids is 1. The Hall–Kier alpha value is -1.20. The maximum atomic E-state index is 10.5. The molecule has 0 amide bonds. The van der Waals surface area contributed by atoms with Gasteiger partial charge in [-0.1, -0.05) is 0 Å². The van der Waals surface area contributed by atoms with Gasteiger partial charge in [0, 0.05) is 16.6 Å². The van der Waals surface area contributed by atoms with E-state index in [2.05, 4.69) is 35.8 Å². The fourth-order valence-corrected chi connectivity index (χ4v) is 2.89. The summed E-state index contributed by atoms with van der Waals surface area (Å²) in [6, 6.07) is 8.92. The first-order valence-electron chi connectivity index (χ1n) is 6.91. The van der Waals surface area contributed by atoms with Gasteiger partial charge >= 0.3 is 5.97 Å². The van der Waals surface area contributed by atoms with Crippen LogP contribution in [-0.4, -0.2) is 36.1 Å². The van der Waals surface area contributed by atoms with E-state index in [-0.39, 0.29) is 12.7 Å². The number of carboxylic acid groups (broad SMARTS) is 1. The van der Waals surface area contributed by atoms with E-state index in [1.54, 1.807) is 11.8 Å². The van der Waals surface area contributed by atoms with Crippen LogP contribution in [0.5, 0.6) is 0 Å². The van der Waals surface area contributed by atoms with Crippen LogP contribution < -0.4 is 5.32 Å². The van der Waals surface area contributed by atoms with Crippen LogP contribution in [0.15, 0.2) is 29.2 Å². The summed E-state index contributed by atoms with van der Waals surface area (Å²) in [4.78, 5) is 11.7. The molecule has 0 bridgehead atoms. The highest BCUT2D eigenvalue weighted by molar-refractivity contribution is 7.98. The summed E-state index contributed by atoms with van der Waals surface area (Å²) in [5, 5.41) is 12.1. The van der Waals surface area contributed by atoms with Crippen LogP contribution in [0.1, 0.15) is 25.7 Å². The molecule has 1 aliphatic carbocycles. The van der Waals surface area contributed by atoms with Gasteiger partial charge in [-0.25, -0.2) is 4.79 Å². The molecule has 1 fully saturated rings. The Bertz CT molecular complexity index is 427. The molecular formula is C15H21NO3S. The van der Waals surface area contributed by atoms with Crippen molar-refractivity contribution in [1.29, 1.82) is 0 Å². The molecular weight excluding hydrogens is 274 g/mol. The van der Waals surface area contributed by atoms with Crippen molar-refractivity contribution in [2.24, 2.45) is 0 Å². The van der Waals surface area contributed by atoms with Crippen molar-refractivity contribution < 1.29 is 14.6 Å². The Morgan fingerprint density at radius 2 is 1.95 bits per heavy atom. The summed E-state index contributed by atoms with van der Waals surface area (Å²) in [5.74, 6) is -0.890. The molecule has 0 heterocycles. The monoisotopic (exact) mass is 295 g/mol. The fraction of sp³-hybridized carbons (Fsp3) is 0.533. The Kier molecular flexibility index (Phi) is 5.73. The number of rotatable bonds is 6. The quantitative estimate of drug-likeness (QED) is 0.789. The van der Waals surface area contributed by atoms with E-state index in [1.807, 2.05) is 0 Å². The average Bonchev–Trinajstić information content (AvgIpc) is 2.47. The van der Waals surface area contributed by atoms with Crippen LogP contribution in [0.4, 0.5) is 5.69 Å². The van der Waals surface area contributed by atoms with Crippen molar-refractivity contribution >= 4 is 23.4 Å². The molecule has 0 aliphatic heterocycles. The van der Waals surface area contributed by atoms with Gasteiger partial charge in [-0.3, -0.25) is 0 Å². The standard InChI is InChI=1S/C15H21NO3S/c1-20-14-8-4-12(5-9-14)16-11-2-6-13(7-3-11)19-10-15(17)18/h4-5,8-9,11,13,16H,2-3,6-7,10H2,1H3,(H,17,18). The van der Waals surface area contributed by atoms with Gasteiger partial charge in [0.15, 0.2) is 0 Å². The minimum absolute atomic E-state index is 0.100. The highest BCUT2D eigenvalue weighted by Crippen LogP contribution is 2.25. The van der Waals surface area contributed by atoms with Crippen LogP contribution in [-0.2, 0) is 9.53 Å². The van der Waals surface area contributed by atoms with Gasteiger partial charge < -0.3 is 15.2 Å². The smallest absolute Gasteiger partial charge is 0.329 e. The zero-order valence-electron chi connectivity index (χ0n) is 11.7. The highest BCUT2D eigenvalue weighted by atomic mass is 32.2. The number of hydrogen-bond acceptors (Lipinski definition) is 4. The molecule has 1 aromatic carbocycles. The Balaban J connectivity index is 1.74. The zero-order chi connectivity index (χ0) is 14.4. The number of thioether (sulfide) groups is 1. The molecule has 0 atom stereocenters. The van der Waals surface area contributed by atoms with E-state index in [0.717, 1.165) is 31.4 Å².